The number of benzene rings is 1. The second-order valence-corrected chi connectivity index (χ2v) is 15.4. The summed E-state index contributed by atoms with van der Waals surface area (Å²) in [4.78, 5) is 0.227. The van der Waals surface area contributed by atoms with E-state index in [1.807, 2.05) is 0 Å². The lowest BCUT2D eigenvalue weighted by Gasteiger charge is -2.28. The number of rotatable bonds is 19. The molecule has 1 aromatic rings. The van der Waals surface area contributed by atoms with E-state index < -0.39 is 17.4 Å². The average Bonchev–Trinajstić information content (AvgIpc) is 2.84. The topological polar surface area (TPSA) is 43.4 Å². The first-order valence-electron chi connectivity index (χ1n) is 13.7. The van der Waals surface area contributed by atoms with Gasteiger partial charge in [-0.3, -0.25) is 4.18 Å². The Morgan fingerprint density at radius 3 is 1.42 bits per heavy atom. The zero-order valence-corrected chi connectivity index (χ0v) is 24.2. The SMILES string of the molecule is CCCCCCOS(=O)(=O)c1ccccc1.CCCC[P+](CCCC)(CCCC)CCCC. The number of unbranched alkanes of at least 4 members (excludes halogenated alkanes) is 7. The van der Waals surface area contributed by atoms with Crippen molar-refractivity contribution in [3.05, 3.63) is 30.3 Å². The maximum Gasteiger partial charge on any atom is 0.296 e. The van der Waals surface area contributed by atoms with Gasteiger partial charge >= 0.3 is 0 Å². The fraction of sp³-hybridized carbons (Fsp3) is 0.786. The highest BCUT2D eigenvalue weighted by atomic mass is 32.2. The summed E-state index contributed by atoms with van der Waals surface area (Å²) < 4.78 is 28.2. The molecule has 1 rings (SSSR count). The van der Waals surface area contributed by atoms with Crippen molar-refractivity contribution in [2.75, 3.05) is 31.3 Å². The number of hydrogen-bond donors (Lipinski definition) is 0. The van der Waals surface area contributed by atoms with Gasteiger partial charge in [0.15, 0.2) is 0 Å². The molecule has 194 valence electrons. The molecule has 0 aromatic heterocycles. The molecule has 5 heteroatoms. The zero-order chi connectivity index (χ0) is 24.8. The summed E-state index contributed by atoms with van der Waals surface area (Å²) in [5.41, 5.74) is 0. The Labute approximate surface area is 207 Å². The summed E-state index contributed by atoms with van der Waals surface area (Å²) in [5.74, 6) is 0. The fourth-order valence-corrected chi connectivity index (χ4v) is 10.3. The molecule has 0 spiro atoms. The van der Waals surface area contributed by atoms with Crippen molar-refractivity contribution in [1.29, 1.82) is 0 Å². The van der Waals surface area contributed by atoms with Gasteiger partial charge in [0.1, 0.15) is 0 Å². The molecule has 3 nitrogen and oxygen atoms in total. The summed E-state index contributed by atoms with van der Waals surface area (Å²) >= 11 is 0. The molecular weight excluding hydrogens is 447 g/mol. The van der Waals surface area contributed by atoms with Crippen LogP contribution in [-0.2, 0) is 14.3 Å². The van der Waals surface area contributed by atoms with Gasteiger partial charge in [0, 0.05) is 7.26 Å². The van der Waals surface area contributed by atoms with Gasteiger partial charge in [-0.1, -0.05) is 97.8 Å². The van der Waals surface area contributed by atoms with E-state index in [1.54, 1.807) is 55.0 Å². The summed E-state index contributed by atoms with van der Waals surface area (Å²) in [6.45, 7) is 11.8. The Hall–Kier alpha value is -0.440. The summed E-state index contributed by atoms with van der Waals surface area (Å²) in [5, 5.41) is 0. The van der Waals surface area contributed by atoms with E-state index in [-0.39, 0.29) is 11.5 Å². The van der Waals surface area contributed by atoms with Crippen molar-refractivity contribution in [2.45, 2.75) is 117 Å². The second kappa shape index (κ2) is 20.9. The van der Waals surface area contributed by atoms with Crippen LogP contribution in [0.1, 0.15) is 112 Å². The molecule has 0 fully saturated rings. The highest BCUT2D eigenvalue weighted by Gasteiger charge is 2.34. The third kappa shape index (κ3) is 16.0. The van der Waals surface area contributed by atoms with Gasteiger partial charge in [0.25, 0.3) is 10.1 Å². The van der Waals surface area contributed by atoms with Crippen molar-refractivity contribution in [3.63, 3.8) is 0 Å². The van der Waals surface area contributed by atoms with Crippen LogP contribution >= 0.6 is 7.26 Å². The molecular formula is C28H54O3PS+. The van der Waals surface area contributed by atoms with Crippen LogP contribution in [0.4, 0.5) is 0 Å². The molecule has 0 unspecified atom stereocenters. The average molecular weight is 502 g/mol. The molecule has 0 saturated carbocycles. The van der Waals surface area contributed by atoms with Crippen molar-refractivity contribution in [2.24, 2.45) is 0 Å². The Balaban J connectivity index is 0.000000621. The molecule has 0 bridgehead atoms. The minimum Gasteiger partial charge on any atom is -0.266 e. The normalized spacial score (nSPS) is 11.8. The number of hydrogen-bond acceptors (Lipinski definition) is 3. The monoisotopic (exact) mass is 501 g/mol. The van der Waals surface area contributed by atoms with Crippen LogP contribution in [0.2, 0.25) is 0 Å². The van der Waals surface area contributed by atoms with Crippen LogP contribution in [0.15, 0.2) is 35.2 Å². The summed E-state index contributed by atoms with van der Waals surface area (Å²) in [6, 6.07) is 8.24. The Bertz CT molecular complexity index is 609. The van der Waals surface area contributed by atoms with E-state index >= 15 is 0 Å². The quantitative estimate of drug-likeness (QED) is 0.108. The third-order valence-corrected chi connectivity index (χ3v) is 12.6. The Kier molecular flexibility index (Phi) is 20.6. The smallest absolute Gasteiger partial charge is 0.266 e. The van der Waals surface area contributed by atoms with Gasteiger partial charge in [-0.25, -0.2) is 0 Å². The molecule has 0 saturated heterocycles. The van der Waals surface area contributed by atoms with E-state index in [1.165, 1.54) is 51.4 Å². The van der Waals surface area contributed by atoms with E-state index in [9.17, 15) is 8.42 Å². The maximum absolute atomic E-state index is 11.6. The van der Waals surface area contributed by atoms with Crippen molar-refractivity contribution in [1.82, 2.24) is 0 Å². The lowest BCUT2D eigenvalue weighted by molar-refractivity contribution is 0.307. The van der Waals surface area contributed by atoms with Gasteiger partial charge in [-0.05, 0) is 44.2 Å². The summed E-state index contributed by atoms with van der Waals surface area (Å²) in [6.07, 6.45) is 22.0. The molecule has 0 amide bonds. The lowest BCUT2D eigenvalue weighted by Crippen LogP contribution is -2.12. The van der Waals surface area contributed by atoms with E-state index in [2.05, 4.69) is 34.6 Å². The molecule has 0 aliphatic heterocycles. The predicted molar refractivity (Wildman–Crippen MR) is 150 cm³/mol. The highest BCUT2D eigenvalue weighted by molar-refractivity contribution is 7.86. The molecule has 0 N–H and O–H groups in total. The lowest BCUT2D eigenvalue weighted by atomic mass is 10.2. The highest BCUT2D eigenvalue weighted by Crippen LogP contribution is 2.61. The molecule has 0 aliphatic carbocycles. The van der Waals surface area contributed by atoms with Crippen LogP contribution in [0.5, 0.6) is 0 Å². The van der Waals surface area contributed by atoms with E-state index in [4.69, 9.17) is 4.18 Å². The van der Waals surface area contributed by atoms with Gasteiger partial charge in [0.2, 0.25) is 0 Å². The Morgan fingerprint density at radius 1 is 0.606 bits per heavy atom. The minimum absolute atomic E-state index is 0.227. The fourth-order valence-electron chi connectivity index (χ4n) is 4.00. The summed E-state index contributed by atoms with van der Waals surface area (Å²) in [7, 11) is -4.11. The third-order valence-electron chi connectivity index (χ3n) is 6.21. The predicted octanol–water partition coefficient (Wildman–Crippen LogP) is 9.18. The van der Waals surface area contributed by atoms with Crippen LogP contribution < -0.4 is 0 Å². The first-order valence-corrected chi connectivity index (χ1v) is 17.6. The van der Waals surface area contributed by atoms with Gasteiger partial charge < -0.3 is 0 Å². The van der Waals surface area contributed by atoms with Gasteiger partial charge in [-0.15, -0.1) is 0 Å². The molecule has 0 radical (unpaired) electrons. The van der Waals surface area contributed by atoms with Crippen molar-refractivity contribution < 1.29 is 12.6 Å². The van der Waals surface area contributed by atoms with Crippen molar-refractivity contribution >= 4 is 17.4 Å². The zero-order valence-electron chi connectivity index (χ0n) is 22.5. The molecule has 33 heavy (non-hydrogen) atoms. The van der Waals surface area contributed by atoms with Gasteiger partial charge in [0.05, 0.1) is 36.2 Å². The molecule has 1 aromatic carbocycles. The molecule has 0 aliphatic rings. The first-order chi connectivity index (χ1) is 15.9. The maximum atomic E-state index is 11.6. The molecule has 0 atom stereocenters. The van der Waals surface area contributed by atoms with Crippen LogP contribution in [0.3, 0.4) is 0 Å². The van der Waals surface area contributed by atoms with Gasteiger partial charge in [-0.2, -0.15) is 8.42 Å². The standard InChI is InChI=1S/C16H36P.C12H18O3S/c1-5-9-13-17(14-10-6-2,15-11-7-3)16-12-8-4;1-2-3-4-8-11-15-16(13,14)12-9-6-5-7-10-12/h5-16H2,1-4H3;5-7,9-10H,2-4,8,11H2,1H3/q+1;. The van der Waals surface area contributed by atoms with E-state index in [0.717, 1.165) is 25.7 Å². The molecule has 0 heterocycles. The minimum atomic E-state index is -3.55. The van der Waals surface area contributed by atoms with Crippen LogP contribution in [0, 0.1) is 0 Å². The van der Waals surface area contributed by atoms with Crippen molar-refractivity contribution in [3.8, 4) is 0 Å². The van der Waals surface area contributed by atoms with E-state index in [0.29, 0.717) is 0 Å². The largest absolute Gasteiger partial charge is 0.296 e. The second-order valence-electron chi connectivity index (χ2n) is 9.30. The van der Waals surface area contributed by atoms with Crippen LogP contribution in [0.25, 0.3) is 0 Å². The first kappa shape index (κ1) is 32.6. The van der Waals surface area contributed by atoms with Crippen LogP contribution in [-0.4, -0.2) is 39.7 Å². The Morgan fingerprint density at radius 2 is 1.03 bits per heavy atom.